The van der Waals surface area contributed by atoms with Crippen molar-refractivity contribution in [2.45, 2.75) is 32.4 Å². The molecule has 0 spiro atoms. The zero-order valence-corrected chi connectivity index (χ0v) is 16.6. The number of nitrogens with two attached hydrogens (primary N) is 1. The maximum absolute atomic E-state index is 12.7. The van der Waals surface area contributed by atoms with E-state index < -0.39 is 0 Å². The zero-order chi connectivity index (χ0) is 20.2. The Morgan fingerprint density at radius 3 is 2.72 bits per heavy atom. The number of primary amides is 1. The van der Waals surface area contributed by atoms with Crippen molar-refractivity contribution in [2.24, 2.45) is 11.7 Å². The molecule has 2 amide bonds. The molecule has 0 saturated carbocycles. The van der Waals surface area contributed by atoms with Crippen LogP contribution in [-0.2, 0) is 24.3 Å². The number of nitrogens with zero attached hydrogens (tertiary/aromatic N) is 1. The highest BCUT2D eigenvalue weighted by Crippen LogP contribution is 2.21. The lowest BCUT2D eigenvalue weighted by Gasteiger charge is -2.30. The van der Waals surface area contributed by atoms with E-state index in [4.69, 9.17) is 5.73 Å². The van der Waals surface area contributed by atoms with Crippen LogP contribution in [0.1, 0.15) is 39.9 Å². The molecule has 4 rings (SSSR count). The number of nitrogens with one attached hydrogen (secondary N) is 2. The van der Waals surface area contributed by atoms with Gasteiger partial charge in [0.05, 0.1) is 0 Å². The van der Waals surface area contributed by atoms with Crippen molar-refractivity contribution in [1.29, 1.82) is 0 Å². The number of amides is 2. The molecular formula is C23H28N4O2. The molecule has 6 nitrogen and oxygen atoms in total. The van der Waals surface area contributed by atoms with Crippen LogP contribution in [0.25, 0.3) is 0 Å². The van der Waals surface area contributed by atoms with Gasteiger partial charge in [-0.25, -0.2) is 0 Å². The summed E-state index contributed by atoms with van der Waals surface area (Å²) >= 11 is 0. The Bertz CT molecular complexity index is 904. The van der Waals surface area contributed by atoms with Gasteiger partial charge in [0.1, 0.15) is 0 Å². The minimum absolute atomic E-state index is 0.00342. The fourth-order valence-electron chi connectivity index (χ4n) is 4.21. The van der Waals surface area contributed by atoms with Crippen molar-refractivity contribution >= 4 is 17.5 Å². The number of hydrogen-bond donors (Lipinski definition) is 3. The number of rotatable bonds is 5. The zero-order valence-electron chi connectivity index (χ0n) is 16.6. The molecule has 6 heteroatoms. The van der Waals surface area contributed by atoms with Crippen molar-refractivity contribution < 1.29 is 9.59 Å². The number of piperidine rings is 1. The molecule has 0 atom stereocenters. The van der Waals surface area contributed by atoms with Crippen LogP contribution in [0.2, 0.25) is 0 Å². The predicted molar refractivity (Wildman–Crippen MR) is 113 cm³/mol. The van der Waals surface area contributed by atoms with Crippen molar-refractivity contribution in [1.82, 2.24) is 10.2 Å². The lowest BCUT2D eigenvalue weighted by Crippen LogP contribution is -2.38. The number of benzene rings is 2. The molecule has 4 N–H and O–H groups in total. The molecule has 2 aromatic rings. The van der Waals surface area contributed by atoms with Crippen LogP contribution in [0.15, 0.2) is 42.5 Å². The van der Waals surface area contributed by atoms with Gasteiger partial charge in [-0.3, -0.25) is 14.5 Å². The minimum Gasteiger partial charge on any atom is -0.369 e. The van der Waals surface area contributed by atoms with Crippen molar-refractivity contribution in [2.75, 3.05) is 25.0 Å². The summed E-state index contributed by atoms with van der Waals surface area (Å²) in [4.78, 5) is 26.4. The summed E-state index contributed by atoms with van der Waals surface area (Å²) in [5.74, 6) is -0.270. The third-order valence-corrected chi connectivity index (χ3v) is 5.94. The fourth-order valence-corrected chi connectivity index (χ4v) is 4.21. The Hall–Kier alpha value is -2.70. The molecule has 29 heavy (non-hydrogen) atoms. The highest BCUT2D eigenvalue weighted by molar-refractivity contribution is 6.04. The largest absolute Gasteiger partial charge is 0.369 e. The Kier molecular flexibility index (Phi) is 5.92. The standard InChI is InChI=1S/C23H28N4O2/c24-22(28)18-7-10-27(11-8-18)15-16-2-1-3-21(12-16)26-23(29)19-5-4-17-6-9-25-14-20(17)13-19/h1-5,12-13,18,25H,6-11,14-15H2,(H2,24,28)(H,26,29). The molecule has 2 heterocycles. The lowest BCUT2D eigenvalue weighted by atomic mass is 9.96. The van der Waals surface area contributed by atoms with Crippen LogP contribution in [0.4, 0.5) is 5.69 Å². The number of carbonyl (C=O) groups excluding carboxylic acids is 2. The smallest absolute Gasteiger partial charge is 0.255 e. The summed E-state index contributed by atoms with van der Waals surface area (Å²) in [7, 11) is 0. The first kappa shape index (κ1) is 19.6. The molecule has 1 fully saturated rings. The molecule has 2 aliphatic heterocycles. The second kappa shape index (κ2) is 8.76. The molecule has 0 bridgehead atoms. The molecule has 0 aliphatic carbocycles. The van der Waals surface area contributed by atoms with Gasteiger partial charge in [0.25, 0.3) is 5.91 Å². The average molecular weight is 393 g/mol. The summed E-state index contributed by atoms with van der Waals surface area (Å²) in [6.45, 7) is 4.35. The van der Waals surface area contributed by atoms with Gasteiger partial charge in [-0.2, -0.15) is 0 Å². The molecule has 0 unspecified atom stereocenters. The normalized spacial score (nSPS) is 17.5. The van der Waals surface area contributed by atoms with E-state index in [1.165, 1.54) is 11.1 Å². The van der Waals surface area contributed by atoms with Gasteiger partial charge in [0.15, 0.2) is 0 Å². The molecule has 0 aromatic heterocycles. The van der Waals surface area contributed by atoms with Gasteiger partial charge in [-0.15, -0.1) is 0 Å². The summed E-state index contributed by atoms with van der Waals surface area (Å²) in [6, 6.07) is 13.9. The van der Waals surface area contributed by atoms with Gasteiger partial charge in [-0.05, 0) is 79.9 Å². The van der Waals surface area contributed by atoms with E-state index >= 15 is 0 Å². The summed E-state index contributed by atoms with van der Waals surface area (Å²) in [6.07, 6.45) is 2.65. The number of carbonyl (C=O) groups is 2. The van der Waals surface area contributed by atoms with Crippen molar-refractivity contribution in [3.8, 4) is 0 Å². The second-order valence-electron chi connectivity index (χ2n) is 8.02. The van der Waals surface area contributed by atoms with E-state index in [9.17, 15) is 9.59 Å². The SMILES string of the molecule is NC(=O)C1CCN(Cc2cccc(NC(=O)c3ccc4c(c3)CNCC4)c2)CC1. The Balaban J connectivity index is 1.37. The third kappa shape index (κ3) is 4.83. The van der Waals surface area contributed by atoms with Crippen molar-refractivity contribution in [3.63, 3.8) is 0 Å². The Labute approximate surface area is 171 Å². The first-order valence-corrected chi connectivity index (χ1v) is 10.3. The van der Waals surface area contributed by atoms with Crippen LogP contribution in [-0.4, -0.2) is 36.3 Å². The summed E-state index contributed by atoms with van der Waals surface area (Å²) < 4.78 is 0. The summed E-state index contributed by atoms with van der Waals surface area (Å²) in [5, 5.41) is 6.38. The molecule has 2 aliphatic rings. The van der Waals surface area contributed by atoms with Gasteiger partial charge in [0, 0.05) is 30.3 Å². The maximum Gasteiger partial charge on any atom is 0.255 e. The lowest BCUT2D eigenvalue weighted by molar-refractivity contribution is -0.123. The van der Waals surface area contributed by atoms with Gasteiger partial charge in [0.2, 0.25) is 5.91 Å². The topological polar surface area (TPSA) is 87.5 Å². The minimum atomic E-state index is -0.188. The van der Waals surface area contributed by atoms with Gasteiger partial charge < -0.3 is 16.4 Å². The van der Waals surface area contributed by atoms with E-state index in [1.807, 2.05) is 30.3 Å². The Morgan fingerprint density at radius 2 is 1.93 bits per heavy atom. The molecule has 2 aromatic carbocycles. The highest BCUT2D eigenvalue weighted by atomic mass is 16.2. The third-order valence-electron chi connectivity index (χ3n) is 5.94. The molecular weight excluding hydrogens is 364 g/mol. The average Bonchev–Trinajstić information content (AvgIpc) is 2.74. The van der Waals surface area contributed by atoms with Crippen molar-refractivity contribution in [3.05, 3.63) is 64.7 Å². The van der Waals surface area contributed by atoms with E-state index in [1.54, 1.807) is 0 Å². The number of likely N-dealkylation sites (tertiary alicyclic amines) is 1. The van der Waals surface area contributed by atoms with Crippen LogP contribution >= 0.6 is 0 Å². The molecule has 1 saturated heterocycles. The van der Waals surface area contributed by atoms with E-state index in [0.29, 0.717) is 5.56 Å². The summed E-state index contributed by atoms with van der Waals surface area (Å²) in [5.41, 5.74) is 10.6. The van der Waals surface area contributed by atoms with Crippen LogP contribution in [0.3, 0.4) is 0 Å². The number of fused-ring (bicyclic) bond motifs is 1. The number of hydrogen-bond acceptors (Lipinski definition) is 4. The van der Waals surface area contributed by atoms with Crippen LogP contribution in [0.5, 0.6) is 0 Å². The number of anilines is 1. The monoisotopic (exact) mass is 392 g/mol. The second-order valence-corrected chi connectivity index (χ2v) is 8.02. The molecule has 0 radical (unpaired) electrons. The van der Waals surface area contributed by atoms with E-state index in [-0.39, 0.29) is 17.7 Å². The van der Waals surface area contributed by atoms with Gasteiger partial charge in [-0.1, -0.05) is 18.2 Å². The van der Waals surface area contributed by atoms with E-state index in [0.717, 1.165) is 63.2 Å². The van der Waals surface area contributed by atoms with Crippen LogP contribution in [0, 0.1) is 5.92 Å². The van der Waals surface area contributed by atoms with E-state index in [2.05, 4.69) is 27.7 Å². The Morgan fingerprint density at radius 1 is 1.10 bits per heavy atom. The molecule has 152 valence electrons. The predicted octanol–water partition coefficient (Wildman–Crippen LogP) is 2.28. The maximum atomic E-state index is 12.7. The van der Waals surface area contributed by atoms with Crippen LogP contribution < -0.4 is 16.4 Å². The quantitative estimate of drug-likeness (QED) is 0.729. The fraction of sp³-hybridized carbons (Fsp3) is 0.391. The highest BCUT2D eigenvalue weighted by Gasteiger charge is 2.23. The first-order chi connectivity index (χ1) is 14.1. The first-order valence-electron chi connectivity index (χ1n) is 10.3. The van der Waals surface area contributed by atoms with Gasteiger partial charge >= 0.3 is 0 Å².